The molecule has 2 aromatic carbocycles. The van der Waals surface area contributed by atoms with Crippen LogP contribution in [0.15, 0.2) is 63.7 Å². The third-order valence-corrected chi connectivity index (χ3v) is 4.29. The number of Topliss-reactive ketones (excluding diaryl/α,β-unsaturated/α-hetero) is 1. The minimum atomic E-state index is -4.57. The number of ketones is 1. The van der Waals surface area contributed by atoms with Gasteiger partial charge < -0.3 is 10.1 Å². The summed E-state index contributed by atoms with van der Waals surface area (Å²) in [7, 11) is -4.57. The van der Waals surface area contributed by atoms with Gasteiger partial charge in [-0.2, -0.15) is 18.6 Å². The Morgan fingerprint density at radius 2 is 1.72 bits per heavy atom. The number of anilines is 1. The second-order valence-electron chi connectivity index (χ2n) is 5.78. The Bertz CT molecular complexity index is 1070. The molecule has 0 saturated heterocycles. The van der Waals surface area contributed by atoms with Crippen molar-refractivity contribution in [3.05, 3.63) is 48.5 Å². The van der Waals surface area contributed by atoms with Crippen molar-refractivity contribution >= 4 is 39.2 Å². The second kappa shape index (κ2) is 9.17. The van der Waals surface area contributed by atoms with E-state index in [4.69, 9.17) is 4.74 Å². The van der Waals surface area contributed by atoms with E-state index in [1.807, 2.05) is 0 Å². The highest BCUT2D eigenvalue weighted by Crippen LogP contribution is 2.31. The van der Waals surface area contributed by atoms with E-state index in [9.17, 15) is 27.4 Å². The molecule has 0 saturated carbocycles. The van der Waals surface area contributed by atoms with E-state index >= 15 is 0 Å². The minimum Gasteiger partial charge on any atom is -0.424 e. The van der Waals surface area contributed by atoms with Gasteiger partial charge in [-0.05, 0) is 37.3 Å². The van der Waals surface area contributed by atoms with Crippen LogP contribution in [0.1, 0.15) is 13.8 Å². The summed E-state index contributed by atoms with van der Waals surface area (Å²) in [5.41, 5.74) is 0.169. The molecule has 10 nitrogen and oxygen atoms in total. The van der Waals surface area contributed by atoms with Gasteiger partial charge in [-0.25, -0.2) is 0 Å². The predicted octanol–water partition coefficient (Wildman–Crippen LogP) is 2.54. The largest absolute Gasteiger partial charge is 0.424 e. The van der Waals surface area contributed by atoms with Crippen molar-refractivity contribution in [2.75, 3.05) is 5.32 Å². The van der Waals surface area contributed by atoms with Crippen LogP contribution in [0.4, 0.5) is 11.4 Å². The fraction of sp³-hybridized carbons (Fsp3) is 0.167. The number of nitrogens with zero attached hydrogens (tertiary/aromatic N) is 2. The van der Waals surface area contributed by atoms with Gasteiger partial charge in [0.05, 0.1) is 4.90 Å². The number of hydrogen-bond acceptors (Lipinski definition) is 8. The molecule has 0 aliphatic carbocycles. The lowest BCUT2D eigenvalue weighted by molar-refractivity contribution is -0.132. The number of para-hydroxylation sites is 1. The molecule has 0 aliphatic heterocycles. The van der Waals surface area contributed by atoms with Gasteiger partial charge in [0.2, 0.25) is 6.04 Å². The van der Waals surface area contributed by atoms with Crippen molar-refractivity contribution in [1.82, 2.24) is 0 Å². The summed E-state index contributed by atoms with van der Waals surface area (Å²) in [6, 6.07) is 9.79. The molecule has 2 N–H and O–H groups in total. The third-order valence-electron chi connectivity index (χ3n) is 3.44. The number of nitrogens with one attached hydrogen (secondary N) is 1. The first-order valence-corrected chi connectivity index (χ1v) is 9.59. The predicted molar refractivity (Wildman–Crippen MR) is 102 cm³/mol. The maximum Gasteiger partial charge on any atom is 0.308 e. The summed E-state index contributed by atoms with van der Waals surface area (Å²) >= 11 is 0. The lowest BCUT2D eigenvalue weighted by atomic mass is 10.2. The highest BCUT2D eigenvalue weighted by Gasteiger charge is 2.24. The quantitative estimate of drug-likeness (QED) is 0.230. The summed E-state index contributed by atoms with van der Waals surface area (Å²) in [5, 5.41) is 9.89. The van der Waals surface area contributed by atoms with Crippen LogP contribution >= 0.6 is 0 Å². The fourth-order valence-electron chi connectivity index (χ4n) is 2.15. The number of ether oxygens (including phenoxy) is 1. The Morgan fingerprint density at radius 3 is 2.28 bits per heavy atom. The van der Waals surface area contributed by atoms with Crippen molar-refractivity contribution in [3.8, 4) is 5.75 Å². The van der Waals surface area contributed by atoms with Crippen LogP contribution in [0.2, 0.25) is 0 Å². The van der Waals surface area contributed by atoms with Crippen LogP contribution in [-0.2, 0) is 24.5 Å². The zero-order chi connectivity index (χ0) is 21.6. The number of benzene rings is 2. The first-order chi connectivity index (χ1) is 13.6. The normalized spacial score (nSPS) is 12.4. The standard InChI is InChI=1S/C18H17N3O7S/c1-11(22)17(18(24)19-13-6-4-3-5-7-13)21-20-15-10-14(29(25,26)27)8-9-16(15)28-12(2)23/h3-10,17H,1-2H3,(H,19,24)(H,25,26,27)/b21-20+. The van der Waals surface area contributed by atoms with Gasteiger partial charge in [0.15, 0.2) is 11.5 Å². The van der Waals surface area contributed by atoms with E-state index in [1.54, 1.807) is 30.3 Å². The molecule has 0 fully saturated rings. The zero-order valence-electron chi connectivity index (χ0n) is 15.4. The molecule has 2 rings (SSSR count). The molecule has 0 heterocycles. The van der Waals surface area contributed by atoms with E-state index in [0.717, 1.165) is 32.0 Å². The van der Waals surface area contributed by atoms with Gasteiger partial charge in [-0.15, -0.1) is 0 Å². The maximum absolute atomic E-state index is 12.4. The molecule has 29 heavy (non-hydrogen) atoms. The van der Waals surface area contributed by atoms with Crippen molar-refractivity contribution in [1.29, 1.82) is 0 Å². The molecule has 0 aromatic heterocycles. The zero-order valence-corrected chi connectivity index (χ0v) is 16.2. The van der Waals surface area contributed by atoms with E-state index in [2.05, 4.69) is 15.5 Å². The van der Waals surface area contributed by atoms with Gasteiger partial charge in [-0.1, -0.05) is 18.2 Å². The number of azo groups is 1. The lowest BCUT2D eigenvalue weighted by Gasteiger charge is -2.10. The second-order valence-corrected chi connectivity index (χ2v) is 7.20. The minimum absolute atomic E-state index is 0.167. The van der Waals surface area contributed by atoms with Crippen LogP contribution in [0.3, 0.4) is 0 Å². The fourth-order valence-corrected chi connectivity index (χ4v) is 2.65. The topological polar surface area (TPSA) is 152 Å². The number of esters is 1. The average molecular weight is 419 g/mol. The van der Waals surface area contributed by atoms with Crippen LogP contribution in [-0.4, -0.2) is 36.7 Å². The first-order valence-electron chi connectivity index (χ1n) is 8.15. The summed E-state index contributed by atoms with van der Waals surface area (Å²) in [4.78, 5) is 34.9. The first kappa shape index (κ1) is 21.9. The van der Waals surface area contributed by atoms with Gasteiger partial charge in [0, 0.05) is 12.6 Å². The van der Waals surface area contributed by atoms with Gasteiger partial charge in [0.1, 0.15) is 5.69 Å². The monoisotopic (exact) mass is 419 g/mol. The van der Waals surface area contributed by atoms with Gasteiger partial charge in [-0.3, -0.25) is 18.9 Å². The van der Waals surface area contributed by atoms with Gasteiger partial charge >= 0.3 is 5.97 Å². The molecule has 0 spiro atoms. The summed E-state index contributed by atoms with van der Waals surface area (Å²) in [6.45, 7) is 2.25. The number of hydrogen-bond donors (Lipinski definition) is 2. The Kier molecular flexibility index (Phi) is 6.91. The Balaban J connectivity index is 2.37. The molecule has 1 unspecified atom stereocenters. The molecular weight excluding hydrogens is 402 g/mol. The number of carbonyl (C=O) groups is 3. The van der Waals surface area contributed by atoms with Crippen molar-refractivity contribution in [3.63, 3.8) is 0 Å². The third kappa shape index (κ3) is 6.30. The van der Waals surface area contributed by atoms with E-state index in [0.29, 0.717) is 5.69 Å². The van der Waals surface area contributed by atoms with Crippen LogP contribution in [0.5, 0.6) is 5.75 Å². The van der Waals surface area contributed by atoms with E-state index in [1.165, 1.54) is 0 Å². The number of carbonyl (C=O) groups excluding carboxylic acids is 3. The maximum atomic E-state index is 12.4. The molecule has 152 valence electrons. The smallest absolute Gasteiger partial charge is 0.308 e. The molecule has 1 atom stereocenters. The van der Waals surface area contributed by atoms with Crippen molar-refractivity contribution in [2.45, 2.75) is 24.8 Å². The average Bonchev–Trinajstić information content (AvgIpc) is 2.62. The summed E-state index contributed by atoms with van der Waals surface area (Å²) < 4.78 is 36.8. The van der Waals surface area contributed by atoms with Crippen molar-refractivity contribution in [2.24, 2.45) is 10.2 Å². The highest BCUT2D eigenvalue weighted by atomic mass is 32.2. The highest BCUT2D eigenvalue weighted by molar-refractivity contribution is 7.85. The van der Waals surface area contributed by atoms with Crippen LogP contribution in [0.25, 0.3) is 0 Å². The van der Waals surface area contributed by atoms with E-state index < -0.39 is 38.7 Å². The molecule has 0 bridgehead atoms. The SMILES string of the molecule is CC(=O)Oc1ccc(S(=O)(=O)O)cc1/N=N/C(C(C)=O)C(=O)Nc1ccccc1. The van der Waals surface area contributed by atoms with Crippen molar-refractivity contribution < 1.29 is 32.1 Å². The molecule has 2 aromatic rings. The summed E-state index contributed by atoms with van der Waals surface area (Å²) in [6.07, 6.45) is 0. The molecule has 0 radical (unpaired) electrons. The number of amides is 1. The molecule has 1 amide bonds. The Labute approximate surface area is 166 Å². The van der Waals surface area contributed by atoms with Crippen LogP contribution < -0.4 is 10.1 Å². The molecular formula is C18H17N3O7S. The molecule has 0 aliphatic rings. The lowest BCUT2D eigenvalue weighted by Crippen LogP contribution is -2.31. The van der Waals surface area contributed by atoms with E-state index in [-0.39, 0.29) is 11.4 Å². The number of rotatable bonds is 7. The Morgan fingerprint density at radius 1 is 1.07 bits per heavy atom. The summed E-state index contributed by atoms with van der Waals surface area (Å²) in [5.74, 6) is -2.26. The molecule has 11 heteroatoms. The van der Waals surface area contributed by atoms with Gasteiger partial charge in [0.25, 0.3) is 16.0 Å². The van der Waals surface area contributed by atoms with Crippen LogP contribution in [0, 0.1) is 0 Å². The Hall–Kier alpha value is -3.44.